The lowest BCUT2D eigenvalue weighted by atomic mass is 10.1. The molecule has 0 bridgehead atoms. The van der Waals surface area contributed by atoms with E-state index >= 15 is 0 Å². The zero-order valence-corrected chi connectivity index (χ0v) is 10.8. The minimum absolute atomic E-state index is 0.845. The molecule has 2 heterocycles. The fraction of sp³-hybridized carbons (Fsp3) is 0.0769. The zero-order valence-electron chi connectivity index (χ0n) is 9.26. The summed E-state index contributed by atoms with van der Waals surface area (Å²) in [6, 6.07) is 12.1. The monoisotopic (exact) mass is 287 g/mol. The summed E-state index contributed by atoms with van der Waals surface area (Å²) in [6.07, 6.45) is 1.97. The lowest BCUT2D eigenvalue weighted by Crippen LogP contribution is -1.90. The molecule has 0 aliphatic carbocycles. The van der Waals surface area contributed by atoms with Crippen LogP contribution in [0, 0.1) is 6.92 Å². The van der Waals surface area contributed by atoms with Crippen molar-refractivity contribution < 1.29 is 0 Å². The van der Waals surface area contributed by atoms with Crippen LogP contribution in [-0.2, 0) is 0 Å². The Morgan fingerprint density at radius 1 is 1.12 bits per heavy atom. The molecule has 0 N–H and O–H groups in total. The van der Waals surface area contributed by atoms with Gasteiger partial charge in [-0.1, -0.05) is 40.2 Å². The highest BCUT2D eigenvalue weighted by molar-refractivity contribution is 9.10. The van der Waals surface area contributed by atoms with Crippen molar-refractivity contribution in [2.24, 2.45) is 0 Å². The van der Waals surface area contributed by atoms with Gasteiger partial charge in [0.25, 0.3) is 0 Å². The molecule has 0 fully saturated rings. The average Bonchev–Trinajstić information content (AvgIpc) is 2.72. The summed E-state index contributed by atoms with van der Waals surface area (Å²) < 4.78 is 3.00. The Kier molecular flexibility index (Phi) is 2.44. The molecule has 0 aliphatic rings. The highest BCUT2D eigenvalue weighted by Crippen LogP contribution is 2.23. The molecule has 0 radical (unpaired) electrons. The van der Waals surface area contributed by atoms with Gasteiger partial charge in [0.1, 0.15) is 0 Å². The van der Waals surface area contributed by atoms with Crippen LogP contribution in [0.1, 0.15) is 5.56 Å². The number of rotatable bonds is 1. The Balaban J connectivity index is 2.29. The fourth-order valence-electron chi connectivity index (χ4n) is 1.87. The van der Waals surface area contributed by atoms with E-state index < -0.39 is 0 Å². The number of nitrogens with zero attached hydrogens (tertiary/aromatic N) is 3. The molecule has 3 nitrogen and oxygen atoms in total. The highest BCUT2D eigenvalue weighted by Gasteiger charge is 2.09. The molecule has 0 unspecified atom stereocenters. The highest BCUT2D eigenvalue weighted by atomic mass is 79.9. The van der Waals surface area contributed by atoms with Gasteiger partial charge in [0.2, 0.25) is 0 Å². The Labute approximate surface area is 107 Å². The summed E-state index contributed by atoms with van der Waals surface area (Å²) in [7, 11) is 0. The average molecular weight is 288 g/mol. The first-order valence-corrected chi connectivity index (χ1v) is 6.11. The summed E-state index contributed by atoms with van der Waals surface area (Å²) in [5.41, 5.74) is 3.16. The van der Waals surface area contributed by atoms with Crippen LogP contribution >= 0.6 is 15.9 Å². The molecule has 1 aromatic carbocycles. The van der Waals surface area contributed by atoms with Crippen LogP contribution in [0.5, 0.6) is 0 Å². The standard InChI is InChI=1S/C13H10BrN3/c1-9-4-2-3-5-11(9)13-16-15-12-8-10(14)6-7-17(12)13/h2-8H,1H3. The third-order valence-electron chi connectivity index (χ3n) is 2.76. The van der Waals surface area contributed by atoms with Gasteiger partial charge >= 0.3 is 0 Å². The van der Waals surface area contributed by atoms with Crippen molar-refractivity contribution in [3.05, 3.63) is 52.6 Å². The van der Waals surface area contributed by atoms with Gasteiger partial charge in [0, 0.05) is 16.2 Å². The van der Waals surface area contributed by atoms with E-state index in [1.807, 2.05) is 34.9 Å². The molecule has 4 heteroatoms. The second-order valence-electron chi connectivity index (χ2n) is 3.91. The predicted octanol–water partition coefficient (Wildman–Crippen LogP) is 3.47. The van der Waals surface area contributed by atoms with Gasteiger partial charge in [-0.2, -0.15) is 0 Å². The fourth-order valence-corrected chi connectivity index (χ4v) is 2.20. The molecule has 0 amide bonds. The molecular weight excluding hydrogens is 278 g/mol. The van der Waals surface area contributed by atoms with Crippen LogP contribution in [0.25, 0.3) is 17.0 Å². The molecule has 3 aromatic rings. The van der Waals surface area contributed by atoms with Crippen molar-refractivity contribution in [1.29, 1.82) is 0 Å². The Morgan fingerprint density at radius 2 is 1.94 bits per heavy atom. The third kappa shape index (κ3) is 1.74. The second kappa shape index (κ2) is 3.96. The van der Waals surface area contributed by atoms with Gasteiger partial charge in [0.15, 0.2) is 11.5 Å². The van der Waals surface area contributed by atoms with Crippen molar-refractivity contribution in [1.82, 2.24) is 14.6 Å². The van der Waals surface area contributed by atoms with Gasteiger partial charge in [-0.05, 0) is 24.6 Å². The van der Waals surface area contributed by atoms with E-state index in [0.29, 0.717) is 0 Å². The normalized spacial score (nSPS) is 10.9. The molecular formula is C13H10BrN3. The maximum absolute atomic E-state index is 4.26. The molecule has 84 valence electrons. The molecule has 0 aliphatic heterocycles. The van der Waals surface area contributed by atoms with Crippen molar-refractivity contribution >= 4 is 21.6 Å². The number of hydrogen-bond acceptors (Lipinski definition) is 2. The third-order valence-corrected chi connectivity index (χ3v) is 3.25. The van der Waals surface area contributed by atoms with E-state index in [4.69, 9.17) is 0 Å². The molecule has 3 rings (SSSR count). The van der Waals surface area contributed by atoms with Crippen LogP contribution in [0.4, 0.5) is 0 Å². The van der Waals surface area contributed by atoms with Gasteiger partial charge in [-0.3, -0.25) is 4.40 Å². The number of hydrogen-bond donors (Lipinski definition) is 0. The van der Waals surface area contributed by atoms with Crippen LogP contribution in [0.3, 0.4) is 0 Å². The molecule has 0 atom stereocenters. The van der Waals surface area contributed by atoms with Crippen LogP contribution in [-0.4, -0.2) is 14.6 Å². The van der Waals surface area contributed by atoms with Crippen LogP contribution in [0.15, 0.2) is 47.1 Å². The first-order valence-electron chi connectivity index (χ1n) is 5.32. The van der Waals surface area contributed by atoms with Crippen molar-refractivity contribution in [2.45, 2.75) is 6.92 Å². The largest absolute Gasteiger partial charge is 0.282 e. The Morgan fingerprint density at radius 3 is 2.76 bits per heavy atom. The maximum atomic E-state index is 4.26. The summed E-state index contributed by atoms with van der Waals surface area (Å²) in [5.74, 6) is 0.880. The van der Waals surface area contributed by atoms with Crippen molar-refractivity contribution in [3.63, 3.8) is 0 Å². The van der Waals surface area contributed by atoms with Gasteiger partial charge in [-0.25, -0.2) is 0 Å². The number of pyridine rings is 1. The summed E-state index contributed by atoms with van der Waals surface area (Å²) in [4.78, 5) is 0. The van der Waals surface area contributed by atoms with E-state index in [1.165, 1.54) is 5.56 Å². The first-order chi connectivity index (χ1) is 8.25. The topological polar surface area (TPSA) is 30.2 Å². The minimum Gasteiger partial charge on any atom is -0.282 e. The summed E-state index contributed by atoms with van der Waals surface area (Å²) in [5, 5.41) is 8.44. The molecule has 0 saturated carbocycles. The zero-order chi connectivity index (χ0) is 11.8. The Bertz CT molecular complexity index is 688. The number of aryl methyl sites for hydroxylation is 1. The van der Waals surface area contributed by atoms with Gasteiger partial charge < -0.3 is 0 Å². The number of benzene rings is 1. The van der Waals surface area contributed by atoms with Crippen molar-refractivity contribution in [3.8, 4) is 11.4 Å². The lowest BCUT2D eigenvalue weighted by molar-refractivity contribution is 1.11. The number of halogens is 1. The molecule has 0 saturated heterocycles. The van der Waals surface area contributed by atoms with Crippen molar-refractivity contribution in [2.75, 3.05) is 0 Å². The van der Waals surface area contributed by atoms with E-state index in [1.54, 1.807) is 0 Å². The molecule has 0 spiro atoms. The van der Waals surface area contributed by atoms with E-state index in [2.05, 4.69) is 45.2 Å². The maximum Gasteiger partial charge on any atom is 0.168 e. The molecule has 17 heavy (non-hydrogen) atoms. The van der Waals surface area contributed by atoms with Gasteiger partial charge in [0.05, 0.1) is 0 Å². The SMILES string of the molecule is Cc1ccccc1-c1nnc2cc(Br)ccn12. The van der Waals surface area contributed by atoms with Crippen LogP contribution < -0.4 is 0 Å². The lowest BCUT2D eigenvalue weighted by Gasteiger charge is -2.03. The predicted molar refractivity (Wildman–Crippen MR) is 70.9 cm³/mol. The number of aromatic nitrogens is 3. The summed E-state index contributed by atoms with van der Waals surface area (Å²) >= 11 is 3.43. The quantitative estimate of drug-likeness (QED) is 0.686. The first kappa shape index (κ1) is 10.5. The molecule has 2 aromatic heterocycles. The summed E-state index contributed by atoms with van der Waals surface area (Å²) in [6.45, 7) is 2.08. The van der Waals surface area contributed by atoms with E-state index in [0.717, 1.165) is 21.5 Å². The second-order valence-corrected chi connectivity index (χ2v) is 4.83. The van der Waals surface area contributed by atoms with Crippen LogP contribution in [0.2, 0.25) is 0 Å². The smallest absolute Gasteiger partial charge is 0.168 e. The van der Waals surface area contributed by atoms with E-state index in [-0.39, 0.29) is 0 Å². The van der Waals surface area contributed by atoms with Gasteiger partial charge in [-0.15, -0.1) is 10.2 Å². The Hall–Kier alpha value is -1.68. The number of fused-ring (bicyclic) bond motifs is 1. The minimum atomic E-state index is 0.845. The van der Waals surface area contributed by atoms with E-state index in [9.17, 15) is 0 Å².